The molecule has 0 N–H and O–H groups in total. The fraction of sp³-hybridized carbons (Fsp3) is 0.200. The number of hydrogen-bond acceptors (Lipinski definition) is 3. The zero-order chi connectivity index (χ0) is 21.2. The van der Waals surface area contributed by atoms with E-state index in [0.29, 0.717) is 31.1 Å². The number of carbonyl (C=O) groups excluding carboxylic acids is 1. The number of para-hydroxylation sites is 3. The van der Waals surface area contributed by atoms with Crippen molar-refractivity contribution in [1.82, 2.24) is 9.55 Å². The van der Waals surface area contributed by atoms with Crippen molar-refractivity contribution in [3.05, 3.63) is 89.7 Å². The van der Waals surface area contributed by atoms with E-state index >= 15 is 0 Å². The maximum atomic E-state index is 12.8. The lowest BCUT2D eigenvalue weighted by Gasteiger charge is -2.17. The van der Waals surface area contributed by atoms with Gasteiger partial charge in [0.05, 0.1) is 17.6 Å². The van der Waals surface area contributed by atoms with E-state index in [9.17, 15) is 4.79 Å². The number of benzene rings is 3. The molecule has 2 heterocycles. The minimum absolute atomic E-state index is 0.0376. The lowest BCUT2D eigenvalue weighted by Crippen LogP contribution is -2.24. The van der Waals surface area contributed by atoms with Gasteiger partial charge in [0.1, 0.15) is 18.2 Å². The lowest BCUT2D eigenvalue weighted by molar-refractivity contribution is -0.117. The molecule has 1 saturated heterocycles. The molecule has 1 amide bonds. The summed E-state index contributed by atoms with van der Waals surface area (Å²) in [5.41, 5.74) is 2.93. The van der Waals surface area contributed by atoms with Crippen molar-refractivity contribution in [2.45, 2.75) is 18.9 Å². The Hall–Kier alpha value is -3.31. The third-order valence-electron chi connectivity index (χ3n) is 5.64. The average molecular weight is 432 g/mol. The van der Waals surface area contributed by atoms with Gasteiger partial charge in [0.2, 0.25) is 5.91 Å². The third-order valence-corrected chi connectivity index (χ3v) is 5.89. The van der Waals surface area contributed by atoms with E-state index < -0.39 is 0 Å². The second-order valence-corrected chi connectivity index (χ2v) is 8.09. The summed E-state index contributed by atoms with van der Waals surface area (Å²) in [6.45, 7) is 1.77. The molecule has 0 saturated carbocycles. The second-order valence-electron chi connectivity index (χ2n) is 7.65. The van der Waals surface area contributed by atoms with E-state index in [1.807, 2.05) is 77.7 Å². The molecule has 5 rings (SSSR count). The highest BCUT2D eigenvalue weighted by molar-refractivity contribution is 6.30. The molecule has 3 aromatic carbocycles. The van der Waals surface area contributed by atoms with Crippen LogP contribution in [-0.4, -0.2) is 28.6 Å². The van der Waals surface area contributed by atoms with E-state index in [1.54, 1.807) is 0 Å². The van der Waals surface area contributed by atoms with Crippen molar-refractivity contribution in [1.29, 1.82) is 0 Å². The number of carbonyl (C=O) groups is 1. The van der Waals surface area contributed by atoms with E-state index in [-0.39, 0.29) is 11.8 Å². The van der Waals surface area contributed by atoms with Gasteiger partial charge in [0.25, 0.3) is 0 Å². The quantitative estimate of drug-likeness (QED) is 0.416. The van der Waals surface area contributed by atoms with Gasteiger partial charge >= 0.3 is 0 Å². The molecule has 1 atom stereocenters. The fourth-order valence-electron chi connectivity index (χ4n) is 4.16. The van der Waals surface area contributed by atoms with Crippen LogP contribution in [0.4, 0.5) is 5.69 Å². The summed E-state index contributed by atoms with van der Waals surface area (Å²) < 4.78 is 8.12. The highest BCUT2D eigenvalue weighted by atomic mass is 35.5. The molecule has 0 radical (unpaired) electrons. The normalized spacial score (nSPS) is 16.2. The van der Waals surface area contributed by atoms with Gasteiger partial charge < -0.3 is 14.2 Å². The number of halogens is 1. The zero-order valence-electron chi connectivity index (χ0n) is 16.9. The van der Waals surface area contributed by atoms with Gasteiger partial charge in [-0.3, -0.25) is 4.79 Å². The first kappa shape index (κ1) is 19.6. The first-order chi connectivity index (χ1) is 15.2. The first-order valence-electron chi connectivity index (χ1n) is 10.4. The highest BCUT2D eigenvalue weighted by Crippen LogP contribution is 2.33. The molecule has 1 fully saturated rings. The largest absolute Gasteiger partial charge is 0.492 e. The molecule has 0 aliphatic carbocycles. The Kier molecular flexibility index (Phi) is 5.35. The summed E-state index contributed by atoms with van der Waals surface area (Å²) in [5.74, 6) is 1.89. The number of hydrogen-bond donors (Lipinski definition) is 0. The van der Waals surface area contributed by atoms with Crippen LogP contribution in [0, 0.1) is 0 Å². The van der Waals surface area contributed by atoms with Crippen molar-refractivity contribution < 1.29 is 9.53 Å². The van der Waals surface area contributed by atoms with Crippen molar-refractivity contribution >= 4 is 34.2 Å². The Balaban J connectivity index is 1.40. The summed E-state index contributed by atoms with van der Waals surface area (Å²) in [6.07, 6.45) is 0.455. The van der Waals surface area contributed by atoms with Crippen molar-refractivity contribution in [3.8, 4) is 5.75 Å². The molecular formula is C25H22ClN3O2. The van der Waals surface area contributed by atoms with Gasteiger partial charge in [-0.15, -0.1) is 0 Å². The molecule has 6 heteroatoms. The van der Waals surface area contributed by atoms with Crippen LogP contribution in [0.15, 0.2) is 78.9 Å². The molecule has 31 heavy (non-hydrogen) atoms. The number of ether oxygens (including phenoxy) is 1. The van der Waals surface area contributed by atoms with Crippen LogP contribution in [0.25, 0.3) is 11.0 Å². The molecule has 1 aliphatic heterocycles. The predicted octanol–water partition coefficient (Wildman–Crippen LogP) is 5.29. The fourth-order valence-corrected chi connectivity index (χ4v) is 4.29. The number of imidazole rings is 1. The van der Waals surface area contributed by atoms with Crippen LogP contribution in [0.2, 0.25) is 5.02 Å². The molecule has 156 valence electrons. The lowest BCUT2D eigenvalue weighted by atomic mass is 10.1. The van der Waals surface area contributed by atoms with Gasteiger partial charge in [-0.25, -0.2) is 4.98 Å². The number of rotatable bonds is 6. The van der Waals surface area contributed by atoms with Gasteiger partial charge in [-0.05, 0) is 48.5 Å². The highest BCUT2D eigenvalue weighted by Gasteiger charge is 2.34. The number of aromatic nitrogens is 2. The maximum absolute atomic E-state index is 12.8. The summed E-state index contributed by atoms with van der Waals surface area (Å²) >= 11 is 5.95. The smallest absolute Gasteiger partial charge is 0.227 e. The molecule has 1 aliphatic rings. The zero-order valence-corrected chi connectivity index (χ0v) is 17.7. The molecule has 4 aromatic rings. The Labute approximate surface area is 185 Å². The monoisotopic (exact) mass is 431 g/mol. The van der Waals surface area contributed by atoms with Crippen LogP contribution in [-0.2, 0) is 11.3 Å². The molecule has 5 nitrogen and oxygen atoms in total. The summed E-state index contributed by atoms with van der Waals surface area (Å²) in [6, 6.07) is 25.3. The van der Waals surface area contributed by atoms with Gasteiger partial charge in [0.15, 0.2) is 0 Å². The molecule has 1 unspecified atom stereocenters. The van der Waals surface area contributed by atoms with Gasteiger partial charge in [-0.2, -0.15) is 0 Å². The minimum atomic E-state index is 0.0376. The van der Waals surface area contributed by atoms with Gasteiger partial charge in [-0.1, -0.05) is 41.9 Å². The average Bonchev–Trinajstić information content (AvgIpc) is 3.36. The maximum Gasteiger partial charge on any atom is 0.227 e. The Morgan fingerprint density at radius 1 is 0.968 bits per heavy atom. The minimum Gasteiger partial charge on any atom is -0.492 e. The molecule has 1 aromatic heterocycles. The molecular weight excluding hydrogens is 410 g/mol. The third kappa shape index (κ3) is 4.01. The van der Waals surface area contributed by atoms with Crippen molar-refractivity contribution in [2.75, 3.05) is 18.1 Å². The predicted molar refractivity (Wildman–Crippen MR) is 123 cm³/mol. The summed E-state index contributed by atoms with van der Waals surface area (Å²) in [7, 11) is 0. The Morgan fingerprint density at radius 3 is 2.52 bits per heavy atom. The second kappa shape index (κ2) is 8.44. The number of nitrogens with zero attached hydrogens (tertiary/aromatic N) is 3. The van der Waals surface area contributed by atoms with E-state index in [2.05, 4.69) is 10.6 Å². The van der Waals surface area contributed by atoms with E-state index in [4.69, 9.17) is 21.3 Å². The van der Waals surface area contributed by atoms with Crippen LogP contribution < -0.4 is 9.64 Å². The van der Waals surface area contributed by atoms with Crippen LogP contribution in [0.3, 0.4) is 0 Å². The van der Waals surface area contributed by atoms with E-state index in [0.717, 1.165) is 28.3 Å². The Morgan fingerprint density at radius 2 is 1.71 bits per heavy atom. The van der Waals surface area contributed by atoms with Crippen LogP contribution >= 0.6 is 11.6 Å². The topological polar surface area (TPSA) is 47.4 Å². The van der Waals surface area contributed by atoms with Crippen molar-refractivity contribution in [2.24, 2.45) is 0 Å². The number of anilines is 1. The van der Waals surface area contributed by atoms with Gasteiger partial charge in [0, 0.05) is 29.6 Å². The standard InChI is InChI=1S/C25H22ClN3O2/c26-19-10-12-21(13-11-19)31-15-14-28-23-9-5-4-8-22(23)27-25(28)18-16-24(30)29(17-18)20-6-2-1-3-7-20/h1-13,18H,14-17H2. The summed E-state index contributed by atoms with van der Waals surface area (Å²) in [4.78, 5) is 19.5. The SMILES string of the molecule is O=C1CC(c2nc3ccccc3n2CCOc2ccc(Cl)cc2)CN1c1ccccc1. The van der Waals surface area contributed by atoms with Crippen molar-refractivity contribution in [3.63, 3.8) is 0 Å². The molecule has 0 spiro atoms. The number of amides is 1. The van der Waals surface area contributed by atoms with Crippen LogP contribution in [0.1, 0.15) is 18.2 Å². The Bertz CT molecular complexity index is 1200. The number of fused-ring (bicyclic) bond motifs is 1. The molecule has 0 bridgehead atoms. The van der Waals surface area contributed by atoms with E-state index in [1.165, 1.54) is 0 Å². The first-order valence-corrected chi connectivity index (χ1v) is 10.8. The summed E-state index contributed by atoms with van der Waals surface area (Å²) in [5, 5.41) is 0.684. The van der Waals surface area contributed by atoms with Crippen LogP contribution in [0.5, 0.6) is 5.75 Å².